The highest BCUT2D eigenvalue weighted by molar-refractivity contribution is 5.98. The van der Waals surface area contributed by atoms with Crippen LogP contribution in [0.2, 0.25) is 0 Å². The lowest BCUT2D eigenvalue weighted by Gasteiger charge is -2.11. The molecule has 3 rings (SSSR count). The molecule has 0 aliphatic rings. The molecule has 3 aromatic rings. The van der Waals surface area contributed by atoms with Gasteiger partial charge < -0.3 is 5.32 Å². The summed E-state index contributed by atoms with van der Waals surface area (Å²) < 4.78 is 13.8. The van der Waals surface area contributed by atoms with E-state index < -0.39 is 11.7 Å². The lowest BCUT2D eigenvalue weighted by atomic mass is 10.1. The number of nitrogens with one attached hydrogen (secondary N) is 2. The molecular formula is C20H16FN5O2. The van der Waals surface area contributed by atoms with Gasteiger partial charge in [0.15, 0.2) is 0 Å². The van der Waals surface area contributed by atoms with Gasteiger partial charge in [-0.3, -0.25) is 14.6 Å². The van der Waals surface area contributed by atoms with E-state index in [-0.39, 0.29) is 23.3 Å². The minimum atomic E-state index is -0.575. The Morgan fingerprint density at radius 1 is 1.18 bits per heavy atom. The van der Waals surface area contributed by atoms with E-state index in [2.05, 4.69) is 20.8 Å². The third kappa shape index (κ3) is 4.87. The number of nitriles is 1. The number of carbonyl (C=O) groups excluding carboxylic acids is 1. The molecule has 2 aromatic heterocycles. The smallest absolute Gasteiger partial charge is 0.278 e. The number of halogens is 1. The fourth-order valence-electron chi connectivity index (χ4n) is 2.38. The minimum absolute atomic E-state index is 0.177. The molecular weight excluding hydrogens is 361 g/mol. The first-order valence-electron chi connectivity index (χ1n) is 8.36. The molecule has 0 aliphatic carbocycles. The van der Waals surface area contributed by atoms with Crippen LogP contribution >= 0.6 is 0 Å². The van der Waals surface area contributed by atoms with Gasteiger partial charge in [-0.25, -0.2) is 14.9 Å². The zero-order valence-corrected chi connectivity index (χ0v) is 14.7. The van der Waals surface area contributed by atoms with E-state index in [0.717, 1.165) is 11.6 Å². The van der Waals surface area contributed by atoms with Crippen LogP contribution in [0.15, 0.2) is 61.1 Å². The standard InChI is InChI=1S/C20H16FN5O2/c21-18-10-15(11-22)3-4-16(18)13-28-26-20(27)17-2-1-7-24-19(17)25-12-14-5-8-23-9-6-14/h1-10H,12-13H2,(H,24,25)(H,26,27). The first-order valence-corrected chi connectivity index (χ1v) is 8.36. The largest absolute Gasteiger partial charge is 0.365 e. The molecule has 0 unspecified atom stereocenters. The molecule has 0 radical (unpaired) electrons. The van der Waals surface area contributed by atoms with E-state index in [1.54, 1.807) is 30.7 Å². The molecule has 8 heteroatoms. The molecule has 1 amide bonds. The zero-order chi connectivity index (χ0) is 19.8. The first kappa shape index (κ1) is 18.9. The van der Waals surface area contributed by atoms with Crippen molar-refractivity contribution in [3.8, 4) is 6.07 Å². The van der Waals surface area contributed by atoms with Crippen LogP contribution in [0.25, 0.3) is 0 Å². The van der Waals surface area contributed by atoms with Crippen molar-refractivity contribution in [2.45, 2.75) is 13.2 Å². The van der Waals surface area contributed by atoms with Gasteiger partial charge in [-0.15, -0.1) is 0 Å². The second kappa shape index (κ2) is 9.21. The monoisotopic (exact) mass is 377 g/mol. The number of hydrogen-bond donors (Lipinski definition) is 2. The van der Waals surface area contributed by atoms with E-state index in [1.807, 2.05) is 18.2 Å². The van der Waals surface area contributed by atoms with Crippen molar-refractivity contribution >= 4 is 11.7 Å². The van der Waals surface area contributed by atoms with Gasteiger partial charge in [-0.2, -0.15) is 5.26 Å². The number of aromatic nitrogens is 2. The summed E-state index contributed by atoms with van der Waals surface area (Å²) in [5, 5.41) is 11.8. The van der Waals surface area contributed by atoms with Crippen molar-refractivity contribution in [3.63, 3.8) is 0 Å². The van der Waals surface area contributed by atoms with Crippen molar-refractivity contribution in [1.29, 1.82) is 5.26 Å². The number of rotatable bonds is 7. The molecule has 0 saturated carbocycles. The second-order valence-corrected chi connectivity index (χ2v) is 5.75. The maximum Gasteiger partial charge on any atom is 0.278 e. The number of nitrogens with zero attached hydrogens (tertiary/aromatic N) is 3. The van der Waals surface area contributed by atoms with Crippen LogP contribution in [0.3, 0.4) is 0 Å². The van der Waals surface area contributed by atoms with Gasteiger partial charge in [0.05, 0.1) is 17.2 Å². The molecule has 1 aromatic carbocycles. The number of amides is 1. The Labute approximate surface area is 160 Å². The Balaban J connectivity index is 1.59. The van der Waals surface area contributed by atoms with Gasteiger partial charge in [-0.05, 0) is 42.0 Å². The normalized spacial score (nSPS) is 10.1. The summed E-state index contributed by atoms with van der Waals surface area (Å²) in [5.74, 6) is -0.696. The average Bonchev–Trinajstić information content (AvgIpc) is 2.74. The second-order valence-electron chi connectivity index (χ2n) is 5.75. The molecule has 0 fully saturated rings. The number of hydrogen-bond acceptors (Lipinski definition) is 6. The Morgan fingerprint density at radius 2 is 2.00 bits per heavy atom. The van der Waals surface area contributed by atoms with Gasteiger partial charge in [0, 0.05) is 30.7 Å². The first-order chi connectivity index (χ1) is 13.7. The maximum absolute atomic E-state index is 13.8. The highest BCUT2D eigenvalue weighted by Crippen LogP contribution is 2.14. The fraction of sp³-hybridized carbons (Fsp3) is 0.100. The number of hydroxylamine groups is 1. The third-order valence-electron chi connectivity index (χ3n) is 3.84. The van der Waals surface area contributed by atoms with E-state index in [4.69, 9.17) is 10.1 Å². The summed E-state index contributed by atoms with van der Waals surface area (Å²) in [6, 6.07) is 12.8. The molecule has 28 heavy (non-hydrogen) atoms. The predicted molar refractivity (Wildman–Crippen MR) is 99.2 cm³/mol. The van der Waals surface area contributed by atoms with E-state index >= 15 is 0 Å². The summed E-state index contributed by atoms with van der Waals surface area (Å²) in [7, 11) is 0. The maximum atomic E-state index is 13.8. The lowest BCUT2D eigenvalue weighted by Crippen LogP contribution is -2.25. The van der Waals surface area contributed by atoms with Gasteiger partial charge in [-0.1, -0.05) is 6.07 Å². The van der Waals surface area contributed by atoms with Crippen LogP contribution in [0.4, 0.5) is 10.2 Å². The topological polar surface area (TPSA) is 99.9 Å². The zero-order valence-electron chi connectivity index (χ0n) is 14.7. The summed E-state index contributed by atoms with van der Waals surface area (Å²) >= 11 is 0. The Kier molecular flexibility index (Phi) is 6.23. The molecule has 2 heterocycles. The van der Waals surface area contributed by atoms with Gasteiger partial charge in [0.1, 0.15) is 18.2 Å². The van der Waals surface area contributed by atoms with Crippen molar-refractivity contribution in [2.24, 2.45) is 0 Å². The molecule has 0 atom stereocenters. The predicted octanol–water partition coefficient (Wildman–Crippen LogP) is 2.96. The van der Waals surface area contributed by atoms with Gasteiger partial charge >= 0.3 is 0 Å². The van der Waals surface area contributed by atoms with Crippen molar-refractivity contribution in [2.75, 3.05) is 5.32 Å². The molecule has 0 bridgehead atoms. The Hall–Kier alpha value is -3.83. The fourth-order valence-corrected chi connectivity index (χ4v) is 2.38. The van der Waals surface area contributed by atoms with Gasteiger partial charge in [0.25, 0.3) is 5.91 Å². The van der Waals surface area contributed by atoms with Gasteiger partial charge in [0.2, 0.25) is 0 Å². The molecule has 0 spiro atoms. The SMILES string of the molecule is N#Cc1ccc(CONC(=O)c2cccnc2NCc2ccncc2)c(F)c1. The van der Waals surface area contributed by atoms with Crippen LogP contribution in [-0.2, 0) is 18.0 Å². The Bertz CT molecular complexity index is 1000. The summed E-state index contributed by atoms with van der Waals surface area (Å²) in [4.78, 5) is 25.6. The Morgan fingerprint density at radius 3 is 2.75 bits per heavy atom. The number of anilines is 1. The lowest BCUT2D eigenvalue weighted by molar-refractivity contribution is 0.0224. The quantitative estimate of drug-likeness (QED) is 0.614. The van der Waals surface area contributed by atoms with E-state index in [1.165, 1.54) is 12.1 Å². The molecule has 0 aliphatic heterocycles. The van der Waals surface area contributed by atoms with Crippen molar-refractivity contribution in [1.82, 2.24) is 15.4 Å². The minimum Gasteiger partial charge on any atom is -0.365 e. The number of benzene rings is 1. The van der Waals surface area contributed by atoms with Crippen LogP contribution in [0.5, 0.6) is 0 Å². The van der Waals surface area contributed by atoms with Crippen LogP contribution in [0.1, 0.15) is 27.0 Å². The van der Waals surface area contributed by atoms with Crippen LogP contribution < -0.4 is 10.8 Å². The molecule has 7 nitrogen and oxygen atoms in total. The highest BCUT2D eigenvalue weighted by atomic mass is 19.1. The van der Waals surface area contributed by atoms with Crippen molar-refractivity contribution in [3.05, 3.63) is 89.1 Å². The average molecular weight is 377 g/mol. The highest BCUT2D eigenvalue weighted by Gasteiger charge is 2.13. The summed E-state index contributed by atoms with van der Waals surface area (Å²) in [6.07, 6.45) is 4.93. The van der Waals surface area contributed by atoms with E-state index in [9.17, 15) is 9.18 Å². The summed E-state index contributed by atoms with van der Waals surface area (Å²) in [6.45, 7) is 0.292. The third-order valence-corrected chi connectivity index (χ3v) is 3.84. The molecule has 0 saturated heterocycles. The molecule has 140 valence electrons. The molecule has 2 N–H and O–H groups in total. The van der Waals surface area contributed by atoms with Crippen LogP contribution in [0, 0.1) is 17.1 Å². The van der Waals surface area contributed by atoms with E-state index in [0.29, 0.717) is 12.4 Å². The van der Waals surface area contributed by atoms with Crippen LogP contribution in [-0.4, -0.2) is 15.9 Å². The van der Waals surface area contributed by atoms with Crippen molar-refractivity contribution < 1.29 is 14.0 Å². The number of carbonyl (C=O) groups is 1. The summed E-state index contributed by atoms with van der Waals surface area (Å²) in [5.41, 5.74) is 3.99. The number of pyridine rings is 2.